The lowest BCUT2D eigenvalue weighted by Gasteiger charge is -2.11. The van der Waals surface area contributed by atoms with Gasteiger partial charge in [0.05, 0.1) is 25.7 Å². The van der Waals surface area contributed by atoms with Crippen LogP contribution in [0.3, 0.4) is 0 Å². The largest absolute Gasteiger partial charge is 0.497 e. The van der Waals surface area contributed by atoms with Crippen LogP contribution in [0.15, 0.2) is 36.4 Å². The van der Waals surface area contributed by atoms with Crippen molar-refractivity contribution < 1.29 is 23.6 Å². The number of rotatable bonds is 7. The summed E-state index contributed by atoms with van der Waals surface area (Å²) in [7, 11) is 2.98. The maximum absolute atomic E-state index is 13.3. The second-order valence-electron chi connectivity index (χ2n) is 4.93. The van der Waals surface area contributed by atoms with E-state index in [-0.39, 0.29) is 12.2 Å². The second-order valence-corrected chi connectivity index (χ2v) is 4.93. The van der Waals surface area contributed by atoms with Crippen molar-refractivity contribution in [3.63, 3.8) is 0 Å². The number of nitro groups is 1. The normalized spacial score (nSPS) is 10.0. The molecule has 0 aromatic heterocycles. The summed E-state index contributed by atoms with van der Waals surface area (Å²) in [4.78, 5) is 21.9. The molecule has 0 bridgehead atoms. The Morgan fingerprint density at radius 1 is 1.12 bits per heavy atom. The average molecular weight is 349 g/mol. The minimum Gasteiger partial charge on any atom is -0.497 e. The molecule has 0 atom stereocenters. The van der Waals surface area contributed by atoms with E-state index in [1.54, 1.807) is 18.2 Å². The average Bonchev–Trinajstić information content (AvgIpc) is 2.60. The molecule has 0 saturated heterocycles. The Bertz CT molecular complexity index is 775. The van der Waals surface area contributed by atoms with Crippen LogP contribution < -0.4 is 20.1 Å². The van der Waals surface area contributed by atoms with E-state index in [9.17, 15) is 19.3 Å². The molecule has 2 rings (SSSR count). The summed E-state index contributed by atoms with van der Waals surface area (Å²) >= 11 is 0. The van der Waals surface area contributed by atoms with Gasteiger partial charge in [-0.3, -0.25) is 14.9 Å². The molecule has 0 radical (unpaired) electrons. The van der Waals surface area contributed by atoms with Crippen molar-refractivity contribution >= 4 is 23.0 Å². The third-order valence-corrected chi connectivity index (χ3v) is 3.23. The SMILES string of the molecule is COc1cc(NC(=O)CNc2ccc(F)c([N+](=O)[O-])c2)cc(OC)c1. The molecule has 2 aromatic rings. The number of nitro benzene ring substituents is 1. The lowest BCUT2D eigenvalue weighted by Crippen LogP contribution is -2.21. The van der Waals surface area contributed by atoms with Crippen molar-refractivity contribution in [1.29, 1.82) is 0 Å². The summed E-state index contributed by atoms with van der Waals surface area (Å²) in [5, 5.41) is 16.0. The Kier molecular flexibility index (Phi) is 5.72. The lowest BCUT2D eigenvalue weighted by molar-refractivity contribution is -0.387. The van der Waals surface area contributed by atoms with Crippen LogP contribution in [-0.2, 0) is 4.79 Å². The highest BCUT2D eigenvalue weighted by Gasteiger charge is 2.14. The van der Waals surface area contributed by atoms with E-state index in [4.69, 9.17) is 9.47 Å². The highest BCUT2D eigenvalue weighted by Crippen LogP contribution is 2.26. The van der Waals surface area contributed by atoms with Gasteiger partial charge >= 0.3 is 5.69 Å². The fourth-order valence-electron chi connectivity index (χ4n) is 2.03. The summed E-state index contributed by atoms with van der Waals surface area (Å²) in [6.45, 7) is -0.164. The van der Waals surface area contributed by atoms with Gasteiger partial charge in [0.2, 0.25) is 11.7 Å². The zero-order valence-electron chi connectivity index (χ0n) is 13.5. The van der Waals surface area contributed by atoms with Crippen LogP contribution in [0.2, 0.25) is 0 Å². The van der Waals surface area contributed by atoms with Gasteiger partial charge in [-0.2, -0.15) is 4.39 Å². The van der Waals surface area contributed by atoms with Crippen LogP contribution in [0.1, 0.15) is 0 Å². The molecular weight excluding hydrogens is 333 g/mol. The van der Waals surface area contributed by atoms with Gasteiger partial charge < -0.3 is 20.1 Å². The molecule has 25 heavy (non-hydrogen) atoms. The first-order chi connectivity index (χ1) is 11.9. The van der Waals surface area contributed by atoms with E-state index >= 15 is 0 Å². The number of nitrogens with zero attached hydrogens (tertiary/aromatic N) is 1. The third-order valence-electron chi connectivity index (χ3n) is 3.23. The molecule has 0 heterocycles. The number of hydrogen-bond donors (Lipinski definition) is 2. The van der Waals surface area contributed by atoms with Crippen molar-refractivity contribution in [3.05, 3.63) is 52.3 Å². The molecule has 2 N–H and O–H groups in total. The Hall–Kier alpha value is -3.36. The quantitative estimate of drug-likeness (QED) is 0.588. The molecule has 0 spiro atoms. The number of methoxy groups -OCH3 is 2. The fourth-order valence-corrected chi connectivity index (χ4v) is 2.03. The summed E-state index contributed by atoms with van der Waals surface area (Å²) in [5.74, 6) is -0.320. The summed E-state index contributed by atoms with van der Waals surface area (Å²) < 4.78 is 23.5. The molecule has 8 nitrogen and oxygen atoms in total. The minimum atomic E-state index is -0.941. The van der Waals surface area contributed by atoms with E-state index in [2.05, 4.69) is 10.6 Å². The van der Waals surface area contributed by atoms with Crippen molar-refractivity contribution in [2.24, 2.45) is 0 Å². The number of benzene rings is 2. The van der Waals surface area contributed by atoms with Crippen LogP contribution >= 0.6 is 0 Å². The Morgan fingerprint density at radius 2 is 1.76 bits per heavy atom. The zero-order valence-corrected chi connectivity index (χ0v) is 13.5. The molecule has 0 fully saturated rings. The smallest absolute Gasteiger partial charge is 0.306 e. The van der Waals surface area contributed by atoms with Crippen LogP contribution in [0.25, 0.3) is 0 Å². The number of carbonyl (C=O) groups is 1. The van der Waals surface area contributed by atoms with Crippen LogP contribution in [0, 0.1) is 15.9 Å². The van der Waals surface area contributed by atoms with Crippen LogP contribution in [0.4, 0.5) is 21.5 Å². The topological polar surface area (TPSA) is 103 Å². The Labute approximate surface area is 142 Å². The molecule has 0 aliphatic heterocycles. The first-order valence-corrected chi connectivity index (χ1v) is 7.13. The van der Waals surface area contributed by atoms with Gasteiger partial charge in [0, 0.05) is 35.6 Å². The maximum atomic E-state index is 13.3. The van der Waals surface area contributed by atoms with E-state index in [1.165, 1.54) is 20.3 Å². The first kappa shape index (κ1) is 18.0. The number of nitrogens with one attached hydrogen (secondary N) is 2. The fraction of sp³-hybridized carbons (Fsp3) is 0.188. The van der Waals surface area contributed by atoms with Crippen molar-refractivity contribution in [2.75, 3.05) is 31.4 Å². The number of hydrogen-bond acceptors (Lipinski definition) is 6. The van der Waals surface area contributed by atoms with Gasteiger partial charge in [0.25, 0.3) is 0 Å². The molecule has 0 saturated carbocycles. The molecule has 2 aromatic carbocycles. The van der Waals surface area contributed by atoms with Crippen LogP contribution in [0.5, 0.6) is 11.5 Å². The van der Waals surface area contributed by atoms with Crippen molar-refractivity contribution in [1.82, 2.24) is 0 Å². The van der Waals surface area contributed by atoms with Gasteiger partial charge in [-0.1, -0.05) is 0 Å². The number of carbonyl (C=O) groups excluding carboxylic acids is 1. The van der Waals surface area contributed by atoms with E-state index in [1.807, 2.05) is 0 Å². The second kappa shape index (κ2) is 7.95. The molecule has 0 aliphatic carbocycles. The highest BCUT2D eigenvalue weighted by molar-refractivity contribution is 5.94. The van der Waals surface area contributed by atoms with E-state index in [0.717, 1.165) is 12.1 Å². The van der Waals surface area contributed by atoms with Gasteiger partial charge in [-0.15, -0.1) is 0 Å². The number of amides is 1. The monoisotopic (exact) mass is 349 g/mol. The number of anilines is 2. The molecular formula is C16H16FN3O5. The number of ether oxygens (including phenoxy) is 2. The van der Waals surface area contributed by atoms with Crippen molar-refractivity contribution in [3.8, 4) is 11.5 Å². The third kappa shape index (κ3) is 4.80. The van der Waals surface area contributed by atoms with E-state index < -0.39 is 22.3 Å². The molecule has 9 heteroatoms. The predicted molar refractivity (Wildman–Crippen MR) is 89.7 cm³/mol. The summed E-state index contributed by atoms with van der Waals surface area (Å²) in [5.41, 5.74) is 0.0579. The van der Waals surface area contributed by atoms with E-state index in [0.29, 0.717) is 17.2 Å². The predicted octanol–water partition coefficient (Wildman–Crippen LogP) is 2.80. The molecule has 1 amide bonds. The zero-order chi connectivity index (χ0) is 18.4. The van der Waals surface area contributed by atoms with Gasteiger partial charge in [0.15, 0.2) is 0 Å². The van der Waals surface area contributed by atoms with Gasteiger partial charge in [0.1, 0.15) is 11.5 Å². The molecule has 132 valence electrons. The lowest BCUT2D eigenvalue weighted by atomic mass is 10.2. The summed E-state index contributed by atoms with van der Waals surface area (Å²) in [6.07, 6.45) is 0. The summed E-state index contributed by atoms with van der Waals surface area (Å²) in [6, 6.07) is 8.19. The van der Waals surface area contributed by atoms with Gasteiger partial charge in [-0.05, 0) is 12.1 Å². The first-order valence-electron chi connectivity index (χ1n) is 7.13. The van der Waals surface area contributed by atoms with Crippen LogP contribution in [-0.4, -0.2) is 31.6 Å². The highest BCUT2D eigenvalue weighted by atomic mass is 19.1. The minimum absolute atomic E-state index is 0.164. The van der Waals surface area contributed by atoms with Crippen molar-refractivity contribution in [2.45, 2.75) is 0 Å². The molecule has 0 aliphatic rings. The maximum Gasteiger partial charge on any atom is 0.306 e. The van der Waals surface area contributed by atoms with Gasteiger partial charge in [-0.25, -0.2) is 0 Å². The Morgan fingerprint density at radius 3 is 2.32 bits per heavy atom. The molecule has 0 unspecified atom stereocenters. The standard InChI is InChI=1S/C16H16FN3O5/c1-24-12-5-11(6-13(8-12)25-2)19-16(21)9-18-10-3-4-14(17)15(7-10)20(22)23/h3-8,18H,9H2,1-2H3,(H,19,21). The Balaban J connectivity index is 2.02. The number of halogens is 1.